The van der Waals surface area contributed by atoms with Crippen LogP contribution in [-0.4, -0.2) is 28.1 Å². The van der Waals surface area contributed by atoms with Crippen molar-refractivity contribution in [3.05, 3.63) is 72.8 Å². The fraction of sp³-hybridized carbons (Fsp3) is 0.0556. The van der Waals surface area contributed by atoms with Gasteiger partial charge < -0.3 is 10.0 Å². The number of nitrogens with zero attached hydrogens (tertiary/aromatic N) is 3. The lowest BCUT2D eigenvalue weighted by Gasteiger charge is -2.23. The molecule has 0 amide bonds. The van der Waals surface area contributed by atoms with Crippen LogP contribution in [0.3, 0.4) is 0 Å². The molecule has 5 heteroatoms. The van der Waals surface area contributed by atoms with Gasteiger partial charge in [0, 0.05) is 36.9 Å². The fourth-order valence-electron chi connectivity index (χ4n) is 2.49. The molecule has 0 saturated carbocycles. The molecule has 0 spiro atoms. The first kappa shape index (κ1) is 14.7. The molecule has 0 atom stereocenters. The number of carbonyl (C=O) groups is 1. The lowest BCUT2D eigenvalue weighted by molar-refractivity contribution is 0.0691. The van der Waals surface area contributed by atoms with Crippen molar-refractivity contribution in [2.24, 2.45) is 0 Å². The molecule has 0 unspecified atom stereocenters. The van der Waals surface area contributed by atoms with E-state index in [1.54, 1.807) is 24.5 Å². The third-order valence-corrected chi connectivity index (χ3v) is 3.61. The van der Waals surface area contributed by atoms with Crippen LogP contribution in [0.1, 0.15) is 10.5 Å². The van der Waals surface area contributed by atoms with Crippen molar-refractivity contribution in [1.82, 2.24) is 9.97 Å². The molecular weight excluding hydrogens is 290 g/mol. The van der Waals surface area contributed by atoms with Gasteiger partial charge in [0.05, 0.1) is 5.69 Å². The molecule has 3 aromatic rings. The summed E-state index contributed by atoms with van der Waals surface area (Å²) in [7, 11) is 1.90. The van der Waals surface area contributed by atoms with Gasteiger partial charge in [-0.05, 0) is 35.9 Å². The molecule has 2 aromatic heterocycles. The molecule has 0 aliphatic heterocycles. The number of hydrogen-bond donors (Lipinski definition) is 1. The Bertz CT molecular complexity index is 820. The third kappa shape index (κ3) is 2.89. The van der Waals surface area contributed by atoms with Crippen LogP contribution in [0.15, 0.2) is 67.1 Å². The Balaban J connectivity index is 2.21. The first-order valence-corrected chi connectivity index (χ1v) is 7.10. The van der Waals surface area contributed by atoms with Crippen molar-refractivity contribution in [3.8, 4) is 11.1 Å². The van der Waals surface area contributed by atoms with Crippen LogP contribution >= 0.6 is 0 Å². The minimum Gasteiger partial charge on any atom is -0.476 e. The molecule has 1 aromatic carbocycles. The van der Waals surface area contributed by atoms with Gasteiger partial charge in [-0.1, -0.05) is 18.2 Å². The molecule has 5 nitrogen and oxygen atoms in total. The Morgan fingerprint density at radius 3 is 2.35 bits per heavy atom. The molecule has 0 aliphatic rings. The van der Waals surface area contributed by atoms with Crippen molar-refractivity contribution < 1.29 is 9.90 Å². The van der Waals surface area contributed by atoms with Gasteiger partial charge in [0.25, 0.3) is 0 Å². The maximum absolute atomic E-state index is 11.6. The highest BCUT2D eigenvalue weighted by Gasteiger charge is 2.20. The van der Waals surface area contributed by atoms with Gasteiger partial charge >= 0.3 is 5.97 Å². The van der Waals surface area contributed by atoms with Crippen LogP contribution in [0.2, 0.25) is 0 Å². The van der Waals surface area contributed by atoms with Crippen molar-refractivity contribution in [3.63, 3.8) is 0 Å². The van der Waals surface area contributed by atoms with E-state index in [4.69, 9.17) is 0 Å². The number of carboxylic acid groups (broad SMARTS) is 1. The molecule has 2 heterocycles. The smallest absolute Gasteiger partial charge is 0.355 e. The zero-order valence-corrected chi connectivity index (χ0v) is 12.5. The fourth-order valence-corrected chi connectivity index (χ4v) is 2.49. The molecule has 23 heavy (non-hydrogen) atoms. The number of pyridine rings is 2. The van der Waals surface area contributed by atoms with E-state index in [0.29, 0.717) is 5.56 Å². The van der Waals surface area contributed by atoms with Gasteiger partial charge in [0.15, 0.2) is 5.69 Å². The summed E-state index contributed by atoms with van der Waals surface area (Å²) < 4.78 is 0. The van der Waals surface area contributed by atoms with Gasteiger partial charge in [0.2, 0.25) is 0 Å². The van der Waals surface area contributed by atoms with E-state index in [1.165, 1.54) is 6.20 Å². The largest absolute Gasteiger partial charge is 0.476 e. The van der Waals surface area contributed by atoms with E-state index in [2.05, 4.69) is 9.97 Å². The molecule has 114 valence electrons. The number of hydrogen-bond acceptors (Lipinski definition) is 4. The number of aromatic nitrogens is 2. The van der Waals surface area contributed by atoms with Crippen LogP contribution in [0.5, 0.6) is 0 Å². The molecule has 0 bridgehead atoms. The van der Waals surface area contributed by atoms with Gasteiger partial charge in [-0.25, -0.2) is 9.78 Å². The number of benzene rings is 1. The minimum atomic E-state index is -1.06. The topological polar surface area (TPSA) is 66.3 Å². The van der Waals surface area contributed by atoms with E-state index in [-0.39, 0.29) is 5.69 Å². The second-order valence-corrected chi connectivity index (χ2v) is 4.99. The summed E-state index contributed by atoms with van der Waals surface area (Å²) in [4.78, 5) is 21.6. The zero-order chi connectivity index (χ0) is 16.2. The maximum atomic E-state index is 11.6. The summed E-state index contributed by atoms with van der Waals surface area (Å²) in [6.07, 6.45) is 4.80. The van der Waals surface area contributed by atoms with Crippen molar-refractivity contribution in [2.75, 3.05) is 11.9 Å². The second kappa shape index (κ2) is 6.27. The Kier molecular flexibility index (Phi) is 4.01. The summed E-state index contributed by atoms with van der Waals surface area (Å²) in [6.45, 7) is 0. The number of anilines is 2. The summed E-state index contributed by atoms with van der Waals surface area (Å²) >= 11 is 0. The van der Waals surface area contributed by atoms with E-state index in [0.717, 1.165) is 16.9 Å². The predicted molar refractivity (Wildman–Crippen MR) is 88.9 cm³/mol. The molecule has 1 N–H and O–H groups in total. The van der Waals surface area contributed by atoms with Crippen LogP contribution in [-0.2, 0) is 0 Å². The molecule has 0 fully saturated rings. The van der Waals surface area contributed by atoms with Crippen molar-refractivity contribution in [1.29, 1.82) is 0 Å². The molecule has 0 saturated heterocycles. The number of carboxylic acids is 1. The summed E-state index contributed by atoms with van der Waals surface area (Å²) in [5, 5.41) is 9.51. The van der Waals surface area contributed by atoms with E-state index >= 15 is 0 Å². The Morgan fingerprint density at radius 2 is 1.70 bits per heavy atom. The molecule has 3 rings (SSSR count). The summed E-state index contributed by atoms with van der Waals surface area (Å²) in [5.74, 6) is -1.06. The molecular formula is C18H15N3O2. The number of aromatic carboxylic acids is 1. The first-order chi connectivity index (χ1) is 11.2. The van der Waals surface area contributed by atoms with E-state index < -0.39 is 5.97 Å². The third-order valence-electron chi connectivity index (χ3n) is 3.61. The average Bonchev–Trinajstić information content (AvgIpc) is 2.62. The monoisotopic (exact) mass is 305 g/mol. The quantitative estimate of drug-likeness (QED) is 0.797. The molecule has 0 radical (unpaired) electrons. The van der Waals surface area contributed by atoms with Gasteiger partial charge in [0.1, 0.15) is 0 Å². The van der Waals surface area contributed by atoms with Crippen LogP contribution in [0.25, 0.3) is 11.1 Å². The van der Waals surface area contributed by atoms with E-state index in [1.807, 2.05) is 48.3 Å². The second-order valence-electron chi connectivity index (χ2n) is 4.99. The van der Waals surface area contributed by atoms with Crippen molar-refractivity contribution in [2.45, 2.75) is 0 Å². The summed E-state index contributed by atoms with van der Waals surface area (Å²) in [5.41, 5.74) is 3.11. The maximum Gasteiger partial charge on any atom is 0.355 e. The predicted octanol–water partition coefficient (Wildman–Crippen LogP) is 3.61. The SMILES string of the molecule is CN(c1ccccc1)c1ccnc(C(=O)O)c1-c1ccncc1. The van der Waals surface area contributed by atoms with Crippen LogP contribution in [0.4, 0.5) is 11.4 Å². The lowest BCUT2D eigenvalue weighted by Crippen LogP contribution is -2.14. The first-order valence-electron chi connectivity index (χ1n) is 7.10. The average molecular weight is 305 g/mol. The highest BCUT2D eigenvalue weighted by Crippen LogP contribution is 2.35. The van der Waals surface area contributed by atoms with E-state index in [9.17, 15) is 9.90 Å². The zero-order valence-electron chi connectivity index (χ0n) is 12.5. The van der Waals surface area contributed by atoms with Gasteiger partial charge in [-0.3, -0.25) is 4.98 Å². The van der Waals surface area contributed by atoms with Gasteiger partial charge in [-0.15, -0.1) is 0 Å². The highest BCUT2D eigenvalue weighted by molar-refractivity contribution is 5.99. The molecule has 0 aliphatic carbocycles. The highest BCUT2D eigenvalue weighted by atomic mass is 16.4. The van der Waals surface area contributed by atoms with Crippen molar-refractivity contribution >= 4 is 17.3 Å². The van der Waals surface area contributed by atoms with Crippen LogP contribution < -0.4 is 4.90 Å². The van der Waals surface area contributed by atoms with Crippen LogP contribution in [0, 0.1) is 0 Å². The summed E-state index contributed by atoms with van der Waals surface area (Å²) in [6, 6.07) is 15.1. The lowest BCUT2D eigenvalue weighted by atomic mass is 10.0. The Hall–Kier alpha value is -3.21. The normalized spacial score (nSPS) is 10.3. The number of para-hydroxylation sites is 1. The Morgan fingerprint density at radius 1 is 1.00 bits per heavy atom. The Labute approximate surface area is 133 Å². The number of rotatable bonds is 4. The minimum absolute atomic E-state index is 0.0245. The standard InChI is InChI=1S/C18H15N3O2/c1-21(14-5-3-2-4-6-14)15-9-12-20-17(18(22)23)16(15)13-7-10-19-11-8-13/h2-12H,1H3,(H,22,23). The van der Waals surface area contributed by atoms with Gasteiger partial charge in [-0.2, -0.15) is 0 Å².